The van der Waals surface area contributed by atoms with E-state index in [2.05, 4.69) is 4.98 Å². The Hall–Kier alpha value is -0.900. The first kappa shape index (κ1) is 10.2. The van der Waals surface area contributed by atoms with E-state index >= 15 is 0 Å². The second kappa shape index (κ2) is 3.87. The van der Waals surface area contributed by atoms with Crippen molar-refractivity contribution in [2.24, 2.45) is 0 Å². The van der Waals surface area contributed by atoms with Gasteiger partial charge in [-0.3, -0.25) is 4.79 Å². The lowest BCUT2D eigenvalue weighted by atomic mass is 10.1. The third-order valence-electron chi connectivity index (χ3n) is 1.69. The Morgan fingerprint density at radius 3 is 2.69 bits per heavy atom. The van der Waals surface area contributed by atoms with Crippen molar-refractivity contribution in [3.8, 4) is 0 Å². The quantitative estimate of drug-likeness (QED) is 0.811. The SMILES string of the molecule is Cc1nc(C(C)C)c(CC(=O)O)s1. The smallest absolute Gasteiger partial charge is 0.308 e. The minimum atomic E-state index is -0.787. The van der Waals surface area contributed by atoms with Gasteiger partial charge in [-0.15, -0.1) is 11.3 Å². The number of nitrogens with zero attached hydrogens (tertiary/aromatic N) is 1. The summed E-state index contributed by atoms with van der Waals surface area (Å²) in [6.45, 7) is 5.96. The van der Waals surface area contributed by atoms with Crippen LogP contribution in [0, 0.1) is 6.92 Å². The summed E-state index contributed by atoms with van der Waals surface area (Å²) < 4.78 is 0. The van der Waals surface area contributed by atoms with E-state index in [0.29, 0.717) is 5.92 Å². The van der Waals surface area contributed by atoms with Gasteiger partial charge in [0.15, 0.2) is 0 Å². The maximum absolute atomic E-state index is 10.5. The molecule has 3 nitrogen and oxygen atoms in total. The molecular weight excluding hydrogens is 186 g/mol. The molecule has 0 atom stereocenters. The number of carboxylic acids is 1. The molecule has 0 amide bonds. The van der Waals surface area contributed by atoms with Crippen molar-refractivity contribution in [2.45, 2.75) is 33.1 Å². The van der Waals surface area contributed by atoms with Gasteiger partial charge in [0.05, 0.1) is 17.1 Å². The molecule has 13 heavy (non-hydrogen) atoms. The first-order chi connectivity index (χ1) is 6.00. The number of aryl methyl sites for hydroxylation is 1. The monoisotopic (exact) mass is 199 g/mol. The van der Waals surface area contributed by atoms with Crippen molar-refractivity contribution in [2.75, 3.05) is 0 Å². The summed E-state index contributed by atoms with van der Waals surface area (Å²) >= 11 is 1.48. The molecule has 0 saturated heterocycles. The third-order valence-corrected chi connectivity index (χ3v) is 2.68. The van der Waals surface area contributed by atoms with E-state index in [9.17, 15) is 4.79 Å². The topological polar surface area (TPSA) is 50.2 Å². The molecule has 0 unspecified atom stereocenters. The summed E-state index contributed by atoms with van der Waals surface area (Å²) in [5, 5.41) is 9.61. The molecule has 0 spiro atoms. The minimum absolute atomic E-state index is 0.0962. The highest BCUT2D eigenvalue weighted by atomic mass is 32.1. The normalized spacial score (nSPS) is 10.8. The molecule has 0 aromatic carbocycles. The van der Waals surface area contributed by atoms with Gasteiger partial charge in [0, 0.05) is 4.88 Å². The fraction of sp³-hybridized carbons (Fsp3) is 0.556. The van der Waals surface area contributed by atoms with Crippen LogP contribution in [-0.2, 0) is 11.2 Å². The zero-order valence-corrected chi connectivity index (χ0v) is 8.81. The maximum Gasteiger partial charge on any atom is 0.308 e. The zero-order valence-electron chi connectivity index (χ0n) is 8.00. The predicted molar refractivity (Wildman–Crippen MR) is 52.3 cm³/mol. The fourth-order valence-corrected chi connectivity index (χ4v) is 2.28. The van der Waals surface area contributed by atoms with Gasteiger partial charge in [0.25, 0.3) is 0 Å². The van der Waals surface area contributed by atoms with Crippen LogP contribution in [0.15, 0.2) is 0 Å². The third kappa shape index (κ3) is 2.52. The maximum atomic E-state index is 10.5. The van der Waals surface area contributed by atoms with Crippen molar-refractivity contribution in [3.05, 3.63) is 15.6 Å². The molecule has 1 N–H and O–H groups in total. The number of hydrogen-bond donors (Lipinski definition) is 1. The van der Waals surface area contributed by atoms with Crippen molar-refractivity contribution < 1.29 is 9.90 Å². The second-order valence-corrected chi connectivity index (χ2v) is 4.55. The highest BCUT2D eigenvalue weighted by molar-refractivity contribution is 7.11. The Labute approximate surface area is 81.4 Å². The van der Waals surface area contributed by atoms with Crippen molar-refractivity contribution in [1.29, 1.82) is 0 Å². The molecule has 1 rings (SSSR count). The van der Waals surface area contributed by atoms with E-state index < -0.39 is 5.97 Å². The van der Waals surface area contributed by atoms with Crippen LogP contribution in [0.1, 0.15) is 35.3 Å². The number of carboxylic acid groups (broad SMARTS) is 1. The van der Waals surface area contributed by atoms with Gasteiger partial charge in [-0.05, 0) is 12.8 Å². The zero-order chi connectivity index (χ0) is 10.0. The average Bonchev–Trinajstić information content (AvgIpc) is 2.29. The number of hydrogen-bond acceptors (Lipinski definition) is 3. The number of thiazole rings is 1. The van der Waals surface area contributed by atoms with Crippen molar-refractivity contribution in [3.63, 3.8) is 0 Å². The van der Waals surface area contributed by atoms with E-state index in [4.69, 9.17) is 5.11 Å². The molecule has 0 aliphatic rings. The molecule has 1 heterocycles. The highest BCUT2D eigenvalue weighted by Crippen LogP contribution is 2.24. The van der Waals surface area contributed by atoms with Gasteiger partial charge in [-0.25, -0.2) is 4.98 Å². The molecule has 0 saturated carbocycles. The standard InChI is InChI=1S/C9H13NO2S/c1-5(2)9-7(4-8(11)12)13-6(3)10-9/h5H,4H2,1-3H3,(H,11,12). The van der Waals surface area contributed by atoms with Gasteiger partial charge in [-0.1, -0.05) is 13.8 Å². The Morgan fingerprint density at radius 2 is 2.23 bits per heavy atom. The largest absolute Gasteiger partial charge is 0.481 e. The summed E-state index contributed by atoms with van der Waals surface area (Å²) in [6, 6.07) is 0. The summed E-state index contributed by atoms with van der Waals surface area (Å²) in [7, 11) is 0. The van der Waals surface area contributed by atoms with Crippen LogP contribution < -0.4 is 0 Å². The van der Waals surface area contributed by atoms with E-state index in [1.54, 1.807) is 0 Å². The molecular formula is C9H13NO2S. The fourth-order valence-electron chi connectivity index (χ4n) is 1.20. The van der Waals surface area contributed by atoms with Gasteiger partial charge in [0.1, 0.15) is 0 Å². The molecule has 1 aromatic heterocycles. The van der Waals surface area contributed by atoms with E-state index in [-0.39, 0.29) is 6.42 Å². The van der Waals surface area contributed by atoms with Gasteiger partial charge in [-0.2, -0.15) is 0 Å². The first-order valence-electron chi connectivity index (χ1n) is 4.18. The Morgan fingerprint density at radius 1 is 1.62 bits per heavy atom. The molecule has 0 bridgehead atoms. The van der Waals surface area contributed by atoms with Crippen LogP contribution in [-0.4, -0.2) is 16.1 Å². The molecule has 0 aliphatic heterocycles. The van der Waals surface area contributed by atoms with E-state index in [1.807, 2.05) is 20.8 Å². The van der Waals surface area contributed by atoms with E-state index in [0.717, 1.165) is 15.6 Å². The number of rotatable bonds is 3. The predicted octanol–water partition coefficient (Wildman–Crippen LogP) is 2.20. The average molecular weight is 199 g/mol. The highest BCUT2D eigenvalue weighted by Gasteiger charge is 2.14. The van der Waals surface area contributed by atoms with Crippen LogP contribution in [0.3, 0.4) is 0 Å². The Balaban J connectivity index is 2.97. The lowest BCUT2D eigenvalue weighted by molar-refractivity contribution is -0.136. The Bertz CT molecular complexity index is 317. The lowest BCUT2D eigenvalue weighted by Crippen LogP contribution is -2.02. The van der Waals surface area contributed by atoms with Crippen LogP contribution >= 0.6 is 11.3 Å². The molecule has 0 fully saturated rings. The first-order valence-corrected chi connectivity index (χ1v) is 5.00. The van der Waals surface area contributed by atoms with Gasteiger partial charge in [0.2, 0.25) is 0 Å². The van der Waals surface area contributed by atoms with Crippen molar-refractivity contribution >= 4 is 17.3 Å². The van der Waals surface area contributed by atoms with Crippen LogP contribution in [0.5, 0.6) is 0 Å². The molecule has 1 aromatic rings. The summed E-state index contributed by atoms with van der Waals surface area (Å²) in [5.41, 5.74) is 0.935. The summed E-state index contributed by atoms with van der Waals surface area (Å²) in [6.07, 6.45) is 0.0962. The van der Waals surface area contributed by atoms with Crippen molar-refractivity contribution in [1.82, 2.24) is 4.98 Å². The second-order valence-electron chi connectivity index (χ2n) is 3.27. The van der Waals surface area contributed by atoms with Crippen LogP contribution in [0.25, 0.3) is 0 Å². The summed E-state index contributed by atoms with van der Waals surface area (Å²) in [4.78, 5) is 15.7. The molecule has 4 heteroatoms. The van der Waals surface area contributed by atoms with Gasteiger partial charge >= 0.3 is 5.97 Å². The number of aromatic nitrogens is 1. The molecule has 0 aliphatic carbocycles. The van der Waals surface area contributed by atoms with Crippen LogP contribution in [0.2, 0.25) is 0 Å². The van der Waals surface area contributed by atoms with E-state index in [1.165, 1.54) is 11.3 Å². The Kier molecular flexibility index (Phi) is 3.03. The molecule has 72 valence electrons. The van der Waals surface area contributed by atoms with Gasteiger partial charge < -0.3 is 5.11 Å². The van der Waals surface area contributed by atoms with Crippen LogP contribution in [0.4, 0.5) is 0 Å². The minimum Gasteiger partial charge on any atom is -0.481 e. The number of carbonyl (C=O) groups is 1. The lowest BCUT2D eigenvalue weighted by Gasteiger charge is -2.02. The summed E-state index contributed by atoms with van der Waals surface area (Å²) in [5.74, 6) is -0.482. The number of aliphatic carboxylic acids is 1. The molecule has 0 radical (unpaired) electrons.